The summed E-state index contributed by atoms with van der Waals surface area (Å²) in [6.07, 6.45) is -0.990. The molecule has 1 aliphatic rings. The van der Waals surface area contributed by atoms with Gasteiger partial charge < -0.3 is 5.11 Å². The van der Waals surface area contributed by atoms with Crippen LogP contribution in [-0.4, -0.2) is 42.4 Å². The average Bonchev–Trinajstić information content (AvgIpc) is 2.81. The number of nitrogens with one attached hydrogen (secondary N) is 1. The third-order valence-electron chi connectivity index (χ3n) is 3.10. The summed E-state index contributed by atoms with van der Waals surface area (Å²) in [6, 6.07) is 3.15. The molecule has 20 heavy (non-hydrogen) atoms. The largest absolute Gasteiger partial charge is 0.392 e. The molecule has 2 rings (SSSR count). The van der Waals surface area contributed by atoms with Crippen LogP contribution in [0.5, 0.6) is 0 Å². The van der Waals surface area contributed by atoms with Gasteiger partial charge in [-0.25, -0.2) is 18.7 Å². The molecule has 1 amide bonds. The molecule has 0 bridgehead atoms. The van der Waals surface area contributed by atoms with Crippen LogP contribution in [0, 0.1) is 5.82 Å². The predicted octanol–water partition coefficient (Wildman–Crippen LogP) is -1.06. The maximum Gasteiger partial charge on any atom is 0.252 e. The molecule has 2 atom stereocenters. The lowest BCUT2D eigenvalue weighted by Crippen LogP contribution is -2.47. The minimum absolute atomic E-state index is 0.0382. The molecule has 0 radical (unpaired) electrons. The molecule has 1 aromatic rings. The van der Waals surface area contributed by atoms with Gasteiger partial charge in [0, 0.05) is 13.0 Å². The molecule has 1 heterocycles. The predicted molar refractivity (Wildman–Crippen MR) is 67.0 cm³/mol. The van der Waals surface area contributed by atoms with Gasteiger partial charge in [0.2, 0.25) is 10.0 Å². The van der Waals surface area contributed by atoms with Crippen molar-refractivity contribution in [3.05, 3.63) is 30.1 Å². The third-order valence-corrected chi connectivity index (χ3v) is 4.99. The number of nitrogens with two attached hydrogens (primary N) is 1. The van der Waals surface area contributed by atoms with E-state index in [1.807, 2.05) is 5.43 Å². The summed E-state index contributed by atoms with van der Waals surface area (Å²) < 4.78 is 38.5. The Morgan fingerprint density at radius 1 is 1.40 bits per heavy atom. The molecule has 1 aliphatic heterocycles. The van der Waals surface area contributed by atoms with E-state index in [2.05, 4.69) is 0 Å². The van der Waals surface area contributed by atoms with Crippen molar-refractivity contribution in [1.82, 2.24) is 9.73 Å². The van der Waals surface area contributed by atoms with E-state index in [0.29, 0.717) is 0 Å². The zero-order valence-corrected chi connectivity index (χ0v) is 11.2. The van der Waals surface area contributed by atoms with Gasteiger partial charge in [0.1, 0.15) is 11.9 Å². The topological polar surface area (TPSA) is 113 Å². The fourth-order valence-corrected chi connectivity index (χ4v) is 3.76. The summed E-state index contributed by atoms with van der Waals surface area (Å²) in [5.74, 6) is 3.74. The maximum absolute atomic E-state index is 12.8. The molecule has 0 aromatic heterocycles. The molecule has 1 fully saturated rings. The molecule has 4 N–H and O–H groups in total. The van der Waals surface area contributed by atoms with Crippen LogP contribution in [0.1, 0.15) is 6.42 Å². The Kier molecular flexibility index (Phi) is 4.04. The van der Waals surface area contributed by atoms with E-state index in [-0.39, 0.29) is 17.9 Å². The standard InChI is InChI=1S/C11H14FN3O4S/c12-7-1-3-9(4-2-7)20(18,19)15-6-8(16)5-10(15)11(17)14-13/h1-4,8,10,16H,5-6,13H2,(H,14,17). The highest BCUT2D eigenvalue weighted by Crippen LogP contribution is 2.26. The van der Waals surface area contributed by atoms with Gasteiger partial charge in [-0.3, -0.25) is 10.2 Å². The minimum atomic E-state index is -4.00. The molecular weight excluding hydrogens is 289 g/mol. The van der Waals surface area contributed by atoms with Gasteiger partial charge in [-0.1, -0.05) is 0 Å². The van der Waals surface area contributed by atoms with Crippen LogP contribution in [0.25, 0.3) is 0 Å². The molecule has 0 aliphatic carbocycles. The molecule has 0 spiro atoms. The van der Waals surface area contributed by atoms with Crippen molar-refractivity contribution in [1.29, 1.82) is 0 Å². The summed E-state index contributed by atoms with van der Waals surface area (Å²) in [7, 11) is -4.00. The van der Waals surface area contributed by atoms with Crippen molar-refractivity contribution >= 4 is 15.9 Å². The van der Waals surface area contributed by atoms with Gasteiger partial charge in [0.15, 0.2) is 0 Å². The Hall–Kier alpha value is -1.55. The second-order valence-electron chi connectivity index (χ2n) is 4.44. The number of carbonyl (C=O) groups excluding carboxylic acids is 1. The van der Waals surface area contributed by atoms with Crippen LogP contribution in [0.3, 0.4) is 0 Å². The van der Waals surface area contributed by atoms with E-state index in [4.69, 9.17) is 5.84 Å². The molecule has 2 unspecified atom stereocenters. The van der Waals surface area contributed by atoms with E-state index >= 15 is 0 Å². The fraction of sp³-hybridized carbons (Fsp3) is 0.364. The van der Waals surface area contributed by atoms with Gasteiger partial charge >= 0.3 is 0 Å². The van der Waals surface area contributed by atoms with Crippen LogP contribution < -0.4 is 11.3 Å². The number of carbonyl (C=O) groups is 1. The normalized spacial score (nSPS) is 23.8. The summed E-state index contributed by atoms with van der Waals surface area (Å²) in [6.45, 7) is -0.211. The SMILES string of the molecule is NNC(=O)C1CC(O)CN1S(=O)(=O)c1ccc(F)cc1. The number of hydrogen-bond acceptors (Lipinski definition) is 5. The Morgan fingerprint density at radius 2 is 2.00 bits per heavy atom. The molecule has 7 nitrogen and oxygen atoms in total. The number of rotatable bonds is 3. The quantitative estimate of drug-likeness (QED) is 0.374. The van der Waals surface area contributed by atoms with Gasteiger partial charge in [-0.05, 0) is 24.3 Å². The number of hydrogen-bond donors (Lipinski definition) is 3. The first-order valence-corrected chi connectivity index (χ1v) is 7.26. The van der Waals surface area contributed by atoms with E-state index in [0.717, 1.165) is 28.6 Å². The van der Waals surface area contributed by atoms with Gasteiger partial charge in [0.25, 0.3) is 5.91 Å². The van der Waals surface area contributed by atoms with Crippen molar-refractivity contribution in [3.8, 4) is 0 Å². The molecule has 0 saturated carbocycles. The van der Waals surface area contributed by atoms with Crippen molar-refractivity contribution in [3.63, 3.8) is 0 Å². The summed E-state index contributed by atoms with van der Waals surface area (Å²) in [4.78, 5) is 11.4. The van der Waals surface area contributed by atoms with Crippen LogP contribution in [0.4, 0.5) is 4.39 Å². The highest BCUT2D eigenvalue weighted by molar-refractivity contribution is 7.89. The first-order valence-electron chi connectivity index (χ1n) is 5.82. The Labute approximate surface area is 115 Å². The van der Waals surface area contributed by atoms with Gasteiger partial charge in [-0.15, -0.1) is 0 Å². The lowest BCUT2D eigenvalue weighted by Gasteiger charge is -2.22. The lowest BCUT2D eigenvalue weighted by atomic mass is 10.2. The van der Waals surface area contributed by atoms with Crippen LogP contribution in [0.2, 0.25) is 0 Å². The maximum atomic E-state index is 12.8. The number of sulfonamides is 1. The highest BCUT2D eigenvalue weighted by atomic mass is 32.2. The zero-order chi connectivity index (χ0) is 14.9. The summed E-state index contributed by atoms with van der Waals surface area (Å²) >= 11 is 0. The van der Waals surface area contributed by atoms with Crippen molar-refractivity contribution in [2.75, 3.05) is 6.54 Å². The van der Waals surface area contributed by atoms with Gasteiger partial charge in [0.05, 0.1) is 11.0 Å². The molecular formula is C11H14FN3O4S. The number of aliphatic hydroxyl groups is 1. The number of aliphatic hydroxyl groups excluding tert-OH is 1. The number of hydrazine groups is 1. The van der Waals surface area contributed by atoms with Crippen LogP contribution >= 0.6 is 0 Å². The summed E-state index contributed by atoms with van der Waals surface area (Å²) in [5.41, 5.74) is 1.87. The Bertz CT molecular complexity index is 605. The van der Waals surface area contributed by atoms with Crippen LogP contribution in [0.15, 0.2) is 29.2 Å². The Balaban J connectivity index is 2.37. The zero-order valence-electron chi connectivity index (χ0n) is 10.4. The molecule has 110 valence electrons. The van der Waals surface area contributed by atoms with Crippen LogP contribution in [-0.2, 0) is 14.8 Å². The smallest absolute Gasteiger partial charge is 0.252 e. The van der Waals surface area contributed by atoms with E-state index in [9.17, 15) is 22.7 Å². The minimum Gasteiger partial charge on any atom is -0.392 e. The first kappa shape index (κ1) is 14.9. The average molecular weight is 303 g/mol. The summed E-state index contributed by atoms with van der Waals surface area (Å²) in [5, 5.41) is 9.58. The van der Waals surface area contributed by atoms with E-state index in [1.54, 1.807) is 0 Å². The van der Waals surface area contributed by atoms with Crippen molar-refractivity contribution in [2.45, 2.75) is 23.5 Å². The second kappa shape index (κ2) is 5.44. The fourth-order valence-electron chi connectivity index (χ4n) is 2.13. The van der Waals surface area contributed by atoms with Gasteiger partial charge in [-0.2, -0.15) is 4.31 Å². The number of benzene rings is 1. The number of β-amino-alcohol motifs (C(OH)–C–C–N with tert-alkyl or cyclic N) is 1. The number of nitrogens with zero attached hydrogens (tertiary/aromatic N) is 1. The third kappa shape index (κ3) is 2.66. The Morgan fingerprint density at radius 3 is 2.55 bits per heavy atom. The highest BCUT2D eigenvalue weighted by Gasteiger charge is 2.43. The van der Waals surface area contributed by atoms with Crippen molar-refractivity contribution < 1.29 is 22.7 Å². The van der Waals surface area contributed by atoms with E-state index < -0.39 is 33.9 Å². The molecule has 1 aromatic carbocycles. The monoisotopic (exact) mass is 303 g/mol. The first-order chi connectivity index (χ1) is 9.36. The second-order valence-corrected chi connectivity index (χ2v) is 6.33. The number of halogens is 1. The number of amides is 1. The van der Waals surface area contributed by atoms with E-state index in [1.165, 1.54) is 0 Å². The van der Waals surface area contributed by atoms with Crippen molar-refractivity contribution in [2.24, 2.45) is 5.84 Å². The molecule has 9 heteroatoms. The lowest BCUT2D eigenvalue weighted by molar-refractivity contribution is -0.124. The molecule has 1 saturated heterocycles.